The van der Waals surface area contributed by atoms with Crippen molar-refractivity contribution in [2.45, 2.75) is 79.1 Å². The minimum atomic E-state index is -0.383. The molecule has 1 atom stereocenters. The van der Waals surface area contributed by atoms with Gasteiger partial charge in [-0.1, -0.05) is 45.4 Å². The summed E-state index contributed by atoms with van der Waals surface area (Å²) in [7, 11) is 0. The Hall–Kier alpha value is -0.570. The molecule has 3 nitrogen and oxygen atoms in total. The molecule has 0 fully saturated rings. The van der Waals surface area contributed by atoms with Crippen molar-refractivity contribution in [3.05, 3.63) is 0 Å². The zero-order valence-electron chi connectivity index (χ0n) is 13.9. The van der Waals surface area contributed by atoms with Gasteiger partial charge in [-0.05, 0) is 39.5 Å². The number of aliphatic hydroxyl groups is 1. The smallest absolute Gasteiger partial charge is 0.311 e. The Labute approximate surface area is 125 Å². The first-order valence-electron chi connectivity index (χ1n) is 8.16. The van der Waals surface area contributed by atoms with Crippen molar-refractivity contribution in [2.75, 3.05) is 13.2 Å². The molecular weight excluding hydrogens is 252 g/mol. The minimum Gasteiger partial charge on any atom is -0.465 e. The Morgan fingerprint density at radius 3 is 2.00 bits per heavy atom. The van der Waals surface area contributed by atoms with Crippen molar-refractivity contribution in [2.24, 2.45) is 11.3 Å². The molecule has 0 aromatic carbocycles. The third-order valence-corrected chi connectivity index (χ3v) is 3.50. The van der Waals surface area contributed by atoms with Gasteiger partial charge in [-0.3, -0.25) is 4.79 Å². The highest BCUT2D eigenvalue weighted by molar-refractivity contribution is 5.75. The molecule has 1 unspecified atom stereocenters. The van der Waals surface area contributed by atoms with Crippen molar-refractivity contribution in [3.63, 3.8) is 0 Å². The lowest BCUT2D eigenvalue weighted by Gasteiger charge is -2.16. The maximum absolute atomic E-state index is 11.5. The first-order chi connectivity index (χ1) is 9.38. The molecule has 0 aliphatic carbocycles. The first-order valence-corrected chi connectivity index (χ1v) is 8.16. The van der Waals surface area contributed by atoms with Crippen LogP contribution in [0.1, 0.15) is 79.1 Å². The number of rotatable bonds is 11. The maximum Gasteiger partial charge on any atom is 0.311 e. The van der Waals surface area contributed by atoms with Gasteiger partial charge in [0.15, 0.2) is 0 Å². The molecule has 0 aromatic heterocycles. The zero-order chi connectivity index (χ0) is 15.4. The summed E-state index contributed by atoms with van der Waals surface area (Å²) in [6.07, 6.45) is 9.52. The summed E-state index contributed by atoms with van der Waals surface area (Å²) in [5.74, 6) is 0.350. The Balaban J connectivity index is 3.24. The first kappa shape index (κ1) is 19.4. The van der Waals surface area contributed by atoms with Crippen molar-refractivity contribution in [3.8, 4) is 0 Å². The minimum absolute atomic E-state index is 0.101. The van der Waals surface area contributed by atoms with E-state index >= 15 is 0 Å². The highest BCUT2D eigenvalue weighted by atomic mass is 16.5. The van der Waals surface area contributed by atoms with E-state index in [9.17, 15) is 4.79 Å². The summed E-state index contributed by atoms with van der Waals surface area (Å²) >= 11 is 0. The molecule has 0 rings (SSSR count). The van der Waals surface area contributed by atoms with Gasteiger partial charge < -0.3 is 9.84 Å². The van der Waals surface area contributed by atoms with E-state index in [1.54, 1.807) is 0 Å². The molecule has 0 aliphatic heterocycles. The molecule has 0 aromatic rings. The fourth-order valence-electron chi connectivity index (χ4n) is 1.95. The molecule has 20 heavy (non-hydrogen) atoms. The van der Waals surface area contributed by atoms with Crippen LogP contribution in [0.2, 0.25) is 0 Å². The van der Waals surface area contributed by atoms with E-state index in [2.05, 4.69) is 6.92 Å². The van der Waals surface area contributed by atoms with Crippen LogP contribution in [0.4, 0.5) is 0 Å². The van der Waals surface area contributed by atoms with E-state index in [1.165, 1.54) is 32.1 Å². The number of hydrogen-bond acceptors (Lipinski definition) is 3. The van der Waals surface area contributed by atoms with Crippen LogP contribution in [0.15, 0.2) is 0 Å². The van der Waals surface area contributed by atoms with E-state index in [4.69, 9.17) is 9.84 Å². The molecular formula is C17H34O3. The second-order valence-corrected chi connectivity index (χ2v) is 6.94. The summed E-state index contributed by atoms with van der Waals surface area (Å²) in [6, 6.07) is 0. The van der Waals surface area contributed by atoms with Crippen LogP contribution < -0.4 is 0 Å². The Morgan fingerprint density at radius 2 is 1.50 bits per heavy atom. The van der Waals surface area contributed by atoms with Gasteiger partial charge in [0.2, 0.25) is 0 Å². The summed E-state index contributed by atoms with van der Waals surface area (Å²) in [5, 5.41) is 8.91. The van der Waals surface area contributed by atoms with E-state index in [1.807, 2.05) is 20.8 Å². The number of esters is 1. The lowest BCUT2D eigenvalue weighted by Crippen LogP contribution is -2.23. The van der Waals surface area contributed by atoms with E-state index in [-0.39, 0.29) is 11.4 Å². The van der Waals surface area contributed by atoms with Gasteiger partial charge in [0.05, 0.1) is 12.0 Å². The molecule has 0 amide bonds. The molecule has 0 spiro atoms. The van der Waals surface area contributed by atoms with Gasteiger partial charge in [-0.25, -0.2) is 0 Å². The van der Waals surface area contributed by atoms with Crippen molar-refractivity contribution >= 4 is 5.97 Å². The lowest BCUT2D eigenvalue weighted by molar-refractivity contribution is -0.153. The van der Waals surface area contributed by atoms with Crippen LogP contribution in [0.5, 0.6) is 0 Å². The summed E-state index contributed by atoms with van der Waals surface area (Å²) in [4.78, 5) is 11.5. The van der Waals surface area contributed by atoms with Crippen LogP contribution in [-0.2, 0) is 9.53 Å². The molecule has 0 bridgehead atoms. The van der Waals surface area contributed by atoms with Crippen LogP contribution in [-0.4, -0.2) is 24.3 Å². The number of carbonyl (C=O) groups excluding carboxylic acids is 1. The molecule has 0 saturated carbocycles. The average molecular weight is 286 g/mol. The maximum atomic E-state index is 11.5. The Bertz CT molecular complexity index is 243. The number of aliphatic hydroxyl groups excluding tert-OH is 1. The number of unbranched alkanes of at least 4 members (excludes halogenated alkanes) is 6. The topological polar surface area (TPSA) is 46.5 Å². The monoisotopic (exact) mass is 286 g/mol. The highest BCUT2D eigenvalue weighted by Gasteiger charge is 2.22. The largest absolute Gasteiger partial charge is 0.465 e. The normalized spacial score (nSPS) is 13.2. The van der Waals surface area contributed by atoms with Crippen LogP contribution in [0.25, 0.3) is 0 Å². The highest BCUT2D eigenvalue weighted by Crippen LogP contribution is 2.16. The van der Waals surface area contributed by atoms with E-state index in [0.717, 1.165) is 19.3 Å². The molecule has 0 heterocycles. The SMILES string of the molecule is CC(CO)CCCCCCCCCOC(=O)C(C)(C)C. The molecule has 0 saturated heterocycles. The van der Waals surface area contributed by atoms with Gasteiger partial charge in [0.1, 0.15) is 0 Å². The molecule has 0 aliphatic rings. The third-order valence-electron chi connectivity index (χ3n) is 3.50. The van der Waals surface area contributed by atoms with E-state index in [0.29, 0.717) is 19.1 Å². The quantitative estimate of drug-likeness (QED) is 0.454. The summed E-state index contributed by atoms with van der Waals surface area (Å²) < 4.78 is 5.23. The van der Waals surface area contributed by atoms with Crippen molar-refractivity contribution in [1.82, 2.24) is 0 Å². The van der Waals surface area contributed by atoms with Gasteiger partial charge in [-0.15, -0.1) is 0 Å². The lowest BCUT2D eigenvalue weighted by atomic mass is 9.97. The Kier molecular flexibility index (Phi) is 10.8. The van der Waals surface area contributed by atoms with Crippen LogP contribution >= 0.6 is 0 Å². The molecule has 120 valence electrons. The number of ether oxygens (including phenoxy) is 1. The second kappa shape index (κ2) is 11.1. The predicted octanol–water partition coefficient (Wildman–Crippen LogP) is 4.32. The molecule has 0 radical (unpaired) electrons. The van der Waals surface area contributed by atoms with Gasteiger partial charge in [0, 0.05) is 6.61 Å². The van der Waals surface area contributed by atoms with E-state index < -0.39 is 0 Å². The predicted molar refractivity (Wildman–Crippen MR) is 83.6 cm³/mol. The Morgan fingerprint density at radius 1 is 1.00 bits per heavy atom. The zero-order valence-corrected chi connectivity index (χ0v) is 13.9. The fourth-order valence-corrected chi connectivity index (χ4v) is 1.95. The average Bonchev–Trinajstić information content (AvgIpc) is 2.39. The summed E-state index contributed by atoms with van der Waals surface area (Å²) in [6.45, 7) is 8.61. The fraction of sp³-hybridized carbons (Fsp3) is 0.941. The van der Waals surface area contributed by atoms with Gasteiger partial charge in [0.25, 0.3) is 0 Å². The van der Waals surface area contributed by atoms with Crippen molar-refractivity contribution < 1.29 is 14.6 Å². The van der Waals surface area contributed by atoms with Crippen LogP contribution in [0, 0.1) is 11.3 Å². The van der Waals surface area contributed by atoms with Crippen LogP contribution in [0.3, 0.4) is 0 Å². The van der Waals surface area contributed by atoms with Gasteiger partial charge in [-0.2, -0.15) is 0 Å². The second-order valence-electron chi connectivity index (χ2n) is 6.94. The third kappa shape index (κ3) is 11.3. The molecule has 3 heteroatoms. The number of carbonyl (C=O) groups is 1. The van der Waals surface area contributed by atoms with Crippen molar-refractivity contribution in [1.29, 1.82) is 0 Å². The molecule has 1 N–H and O–H groups in total. The van der Waals surface area contributed by atoms with Gasteiger partial charge >= 0.3 is 5.97 Å². The standard InChI is InChI=1S/C17H34O3/c1-15(14-18)12-10-8-6-5-7-9-11-13-20-16(19)17(2,3)4/h15,18H,5-14H2,1-4H3. The summed E-state index contributed by atoms with van der Waals surface area (Å²) in [5.41, 5.74) is -0.383. The number of hydrogen-bond donors (Lipinski definition) is 1.